The molecule has 1 aromatic carbocycles. The van der Waals surface area contributed by atoms with Gasteiger partial charge in [-0.3, -0.25) is 4.90 Å². The molecule has 1 aromatic rings. The minimum absolute atomic E-state index is 0.234. The maximum Gasteiger partial charge on any atom is 0.0639 e. The third-order valence-electron chi connectivity index (χ3n) is 4.57. The fourth-order valence-electron chi connectivity index (χ4n) is 3.39. The van der Waals surface area contributed by atoms with Crippen LogP contribution in [0.1, 0.15) is 44.7 Å². The highest BCUT2D eigenvalue weighted by molar-refractivity contribution is 6.42. The lowest BCUT2D eigenvalue weighted by Gasteiger charge is -2.22. The third-order valence-corrected chi connectivity index (χ3v) is 5.41. The van der Waals surface area contributed by atoms with Gasteiger partial charge in [0.15, 0.2) is 0 Å². The molecular weight excluding hydrogens is 291 g/mol. The van der Waals surface area contributed by atoms with Crippen LogP contribution in [0, 0.1) is 0 Å². The molecule has 0 spiro atoms. The molecule has 2 aliphatic rings. The van der Waals surface area contributed by atoms with Gasteiger partial charge in [-0.2, -0.15) is 0 Å². The van der Waals surface area contributed by atoms with Crippen molar-refractivity contribution in [1.82, 2.24) is 10.2 Å². The van der Waals surface area contributed by atoms with E-state index in [2.05, 4.69) is 30.1 Å². The Morgan fingerprint density at radius 1 is 1.30 bits per heavy atom. The second-order valence-corrected chi connectivity index (χ2v) is 7.03. The number of nitrogens with one attached hydrogen (secondary N) is 1. The summed E-state index contributed by atoms with van der Waals surface area (Å²) in [7, 11) is 0. The van der Waals surface area contributed by atoms with E-state index in [9.17, 15) is 0 Å². The Morgan fingerprint density at radius 3 is 2.75 bits per heavy atom. The van der Waals surface area contributed by atoms with Crippen LogP contribution >= 0.6 is 23.2 Å². The van der Waals surface area contributed by atoms with E-state index in [0.717, 1.165) is 18.2 Å². The van der Waals surface area contributed by atoms with E-state index in [0.29, 0.717) is 22.1 Å². The lowest BCUT2D eigenvalue weighted by atomic mass is 10.1. The number of nitrogens with zero attached hydrogens (tertiary/aromatic N) is 1. The molecule has 0 amide bonds. The van der Waals surface area contributed by atoms with Crippen LogP contribution in [0.2, 0.25) is 10.0 Å². The molecule has 2 nitrogen and oxygen atoms in total. The molecule has 1 saturated heterocycles. The first-order valence-electron chi connectivity index (χ1n) is 7.52. The third kappa shape index (κ3) is 2.99. The van der Waals surface area contributed by atoms with E-state index >= 15 is 0 Å². The molecule has 3 unspecified atom stereocenters. The maximum atomic E-state index is 6.31. The quantitative estimate of drug-likeness (QED) is 0.893. The van der Waals surface area contributed by atoms with Crippen molar-refractivity contribution in [2.45, 2.75) is 57.3 Å². The average molecular weight is 313 g/mol. The van der Waals surface area contributed by atoms with Crippen molar-refractivity contribution in [2.75, 3.05) is 6.54 Å². The summed E-state index contributed by atoms with van der Waals surface area (Å²) in [6.45, 7) is 5.67. The van der Waals surface area contributed by atoms with Gasteiger partial charge < -0.3 is 5.32 Å². The predicted octanol–water partition coefficient (Wildman–Crippen LogP) is 4.27. The van der Waals surface area contributed by atoms with Crippen LogP contribution in [0.15, 0.2) is 18.2 Å². The normalized spacial score (nSPS) is 28.8. The Morgan fingerprint density at radius 2 is 2.05 bits per heavy atom. The van der Waals surface area contributed by atoms with Gasteiger partial charge in [0.2, 0.25) is 0 Å². The van der Waals surface area contributed by atoms with E-state index in [1.165, 1.54) is 19.3 Å². The molecule has 0 bridgehead atoms. The molecule has 1 aliphatic heterocycles. The van der Waals surface area contributed by atoms with Crippen LogP contribution in [-0.2, 0) is 0 Å². The summed E-state index contributed by atoms with van der Waals surface area (Å²) in [4.78, 5) is 2.66. The molecule has 3 atom stereocenters. The van der Waals surface area contributed by atoms with Crippen LogP contribution in [0.25, 0.3) is 0 Å². The van der Waals surface area contributed by atoms with Crippen molar-refractivity contribution in [3.05, 3.63) is 33.8 Å². The van der Waals surface area contributed by atoms with Crippen molar-refractivity contribution in [3.63, 3.8) is 0 Å². The van der Waals surface area contributed by atoms with Gasteiger partial charge in [-0.05, 0) is 44.7 Å². The Kier molecular flexibility index (Phi) is 4.28. The second-order valence-electron chi connectivity index (χ2n) is 6.24. The largest absolute Gasteiger partial charge is 0.306 e. The summed E-state index contributed by atoms with van der Waals surface area (Å²) in [5.41, 5.74) is 1.09. The number of halogens is 2. The molecule has 3 rings (SSSR count). The lowest BCUT2D eigenvalue weighted by Crippen LogP contribution is -2.35. The van der Waals surface area contributed by atoms with Crippen LogP contribution in [0.5, 0.6) is 0 Å². The molecule has 110 valence electrons. The molecule has 0 radical (unpaired) electrons. The van der Waals surface area contributed by atoms with Crippen LogP contribution < -0.4 is 5.32 Å². The first kappa shape index (κ1) is 14.6. The standard InChI is InChI=1S/C16H22Cl2N2/c1-10-8-12(9-20(10)13-6-7-13)19-11(2)14-4-3-5-15(17)16(14)18/h3-5,10-13,19H,6-9H2,1-2H3. The van der Waals surface area contributed by atoms with Gasteiger partial charge in [-0.1, -0.05) is 35.3 Å². The Bertz CT molecular complexity index is 487. The first-order chi connectivity index (χ1) is 9.56. The Labute approximate surface area is 131 Å². The molecular formula is C16H22Cl2N2. The van der Waals surface area contributed by atoms with Gasteiger partial charge in [-0.15, -0.1) is 0 Å². The zero-order valence-electron chi connectivity index (χ0n) is 12.1. The molecule has 1 saturated carbocycles. The number of rotatable bonds is 4. The molecule has 0 aromatic heterocycles. The van der Waals surface area contributed by atoms with E-state index in [1.807, 2.05) is 12.1 Å². The van der Waals surface area contributed by atoms with Gasteiger partial charge >= 0.3 is 0 Å². The zero-order chi connectivity index (χ0) is 14.3. The Balaban J connectivity index is 1.64. The highest BCUT2D eigenvalue weighted by Crippen LogP contribution is 2.35. The van der Waals surface area contributed by atoms with Crippen LogP contribution in [0.4, 0.5) is 0 Å². The summed E-state index contributed by atoms with van der Waals surface area (Å²) in [5, 5.41) is 5.04. The monoisotopic (exact) mass is 312 g/mol. The molecule has 20 heavy (non-hydrogen) atoms. The summed E-state index contributed by atoms with van der Waals surface area (Å²) in [6, 6.07) is 8.20. The van der Waals surface area contributed by atoms with E-state index in [-0.39, 0.29) is 6.04 Å². The SMILES string of the molecule is CC(NC1CC(C)N(C2CC2)C1)c1cccc(Cl)c1Cl. The van der Waals surface area contributed by atoms with Gasteiger partial charge in [-0.25, -0.2) is 0 Å². The maximum absolute atomic E-state index is 6.31. The lowest BCUT2D eigenvalue weighted by molar-refractivity contribution is 0.254. The number of hydrogen-bond donors (Lipinski definition) is 1. The fraction of sp³-hybridized carbons (Fsp3) is 0.625. The van der Waals surface area contributed by atoms with Crippen molar-refractivity contribution in [3.8, 4) is 0 Å². The summed E-state index contributed by atoms with van der Waals surface area (Å²) >= 11 is 12.4. The Hall–Kier alpha value is -0.280. The molecule has 1 heterocycles. The minimum Gasteiger partial charge on any atom is -0.306 e. The average Bonchev–Trinajstić information content (AvgIpc) is 3.17. The van der Waals surface area contributed by atoms with E-state index < -0.39 is 0 Å². The molecule has 1 aliphatic carbocycles. The highest BCUT2D eigenvalue weighted by Gasteiger charge is 2.39. The first-order valence-corrected chi connectivity index (χ1v) is 8.27. The zero-order valence-corrected chi connectivity index (χ0v) is 13.6. The fourth-order valence-corrected chi connectivity index (χ4v) is 3.86. The van der Waals surface area contributed by atoms with Crippen molar-refractivity contribution in [2.24, 2.45) is 0 Å². The second kappa shape index (κ2) is 5.84. The van der Waals surface area contributed by atoms with Gasteiger partial charge in [0, 0.05) is 30.7 Å². The van der Waals surface area contributed by atoms with Crippen molar-refractivity contribution >= 4 is 23.2 Å². The van der Waals surface area contributed by atoms with Crippen molar-refractivity contribution < 1.29 is 0 Å². The number of likely N-dealkylation sites (tertiary alicyclic amines) is 1. The smallest absolute Gasteiger partial charge is 0.0639 e. The van der Waals surface area contributed by atoms with E-state index in [4.69, 9.17) is 23.2 Å². The molecule has 2 fully saturated rings. The number of benzene rings is 1. The van der Waals surface area contributed by atoms with Crippen molar-refractivity contribution in [1.29, 1.82) is 0 Å². The topological polar surface area (TPSA) is 15.3 Å². The summed E-state index contributed by atoms with van der Waals surface area (Å²) < 4.78 is 0. The van der Waals surface area contributed by atoms with Gasteiger partial charge in [0.1, 0.15) is 0 Å². The van der Waals surface area contributed by atoms with Crippen LogP contribution in [-0.4, -0.2) is 29.6 Å². The summed E-state index contributed by atoms with van der Waals surface area (Å²) in [6.07, 6.45) is 3.98. The predicted molar refractivity (Wildman–Crippen MR) is 85.6 cm³/mol. The minimum atomic E-state index is 0.234. The molecule has 4 heteroatoms. The van der Waals surface area contributed by atoms with E-state index in [1.54, 1.807) is 0 Å². The van der Waals surface area contributed by atoms with Crippen LogP contribution in [0.3, 0.4) is 0 Å². The number of hydrogen-bond acceptors (Lipinski definition) is 2. The van der Waals surface area contributed by atoms with Gasteiger partial charge in [0.05, 0.1) is 10.0 Å². The highest BCUT2D eigenvalue weighted by atomic mass is 35.5. The summed E-state index contributed by atoms with van der Waals surface area (Å²) in [5.74, 6) is 0. The molecule has 1 N–H and O–H groups in total. The van der Waals surface area contributed by atoms with Gasteiger partial charge in [0.25, 0.3) is 0 Å².